The molecule has 120 valence electrons. The molecule has 0 saturated carbocycles. The maximum absolute atomic E-state index is 11.6. The molecule has 1 aliphatic heterocycles. The Balaban J connectivity index is 1.79. The summed E-state index contributed by atoms with van der Waals surface area (Å²) in [5, 5.41) is 2.67. The minimum Gasteiger partial charge on any atom is -0.492 e. The van der Waals surface area contributed by atoms with Crippen LogP contribution < -0.4 is 15.8 Å². The van der Waals surface area contributed by atoms with Gasteiger partial charge >= 0.3 is 6.03 Å². The van der Waals surface area contributed by atoms with Crippen LogP contribution in [0, 0.1) is 5.92 Å². The SMILES string of the molecule is NC(=O)NC(=O)CN1CCC[C@@H](COc2ccccc2Cl)C1. The molecule has 3 N–H and O–H groups in total. The third-order valence-corrected chi connectivity index (χ3v) is 3.86. The second kappa shape index (κ2) is 8.00. The average Bonchev–Trinajstić information content (AvgIpc) is 2.46. The largest absolute Gasteiger partial charge is 0.492 e. The molecule has 7 heteroatoms. The Morgan fingerprint density at radius 2 is 2.18 bits per heavy atom. The van der Waals surface area contributed by atoms with Gasteiger partial charge in [0.2, 0.25) is 5.91 Å². The van der Waals surface area contributed by atoms with Crippen molar-refractivity contribution in [1.82, 2.24) is 10.2 Å². The van der Waals surface area contributed by atoms with Gasteiger partial charge in [0.05, 0.1) is 18.2 Å². The first kappa shape index (κ1) is 16.6. The first-order valence-electron chi connectivity index (χ1n) is 7.23. The van der Waals surface area contributed by atoms with Gasteiger partial charge in [0.1, 0.15) is 5.75 Å². The van der Waals surface area contributed by atoms with Gasteiger partial charge in [-0.15, -0.1) is 0 Å². The molecule has 1 heterocycles. The Bertz CT molecular complexity index is 539. The Labute approximate surface area is 134 Å². The lowest BCUT2D eigenvalue weighted by atomic mass is 9.99. The van der Waals surface area contributed by atoms with Crippen LogP contribution in [-0.4, -0.2) is 43.1 Å². The van der Waals surface area contributed by atoms with Crippen molar-refractivity contribution in [3.8, 4) is 5.75 Å². The van der Waals surface area contributed by atoms with E-state index in [1.165, 1.54) is 0 Å². The van der Waals surface area contributed by atoms with Gasteiger partial charge in [-0.05, 0) is 31.5 Å². The highest BCUT2D eigenvalue weighted by molar-refractivity contribution is 6.32. The number of rotatable bonds is 5. The molecule has 1 aromatic rings. The van der Waals surface area contributed by atoms with Crippen LogP contribution in [0.3, 0.4) is 0 Å². The van der Waals surface area contributed by atoms with Gasteiger partial charge in [0.25, 0.3) is 0 Å². The summed E-state index contributed by atoms with van der Waals surface area (Å²) in [6, 6.07) is 6.54. The average molecular weight is 326 g/mol. The number of piperidine rings is 1. The number of para-hydroxylation sites is 1. The maximum Gasteiger partial charge on any atom is 0.318 e. The van der Waals surface area contributed by atoms with Crippen molar-refractivity contribution in [2.75, 3.05) is 26.2 Å². The van der Waals surface area contributed by atoms with E-state index in [-0.39, 0.29) is 12.5 Å². The highest BCUT2D eigenvalue weighted by atomic mass is 35.5. The number of nitrogens with one attached hydrogen (secondary N) is 1. The highest BCUT2D eigenvalue weighted by Gasteiger charge is 2.22. The summed E-state index contributed by atoms with van der Waals surface area (Å²) in [5.41, 5.74) is 4.93. The molecule has 1 atom stereocenters. The van der Waals surface area contributed by atoms with Gasteiger partial charge in [-0.1, -0.05) is 23.7 Å². The summed E-state index contributed by atoms with van der Waals surface area (Å²) < 4.78 is 5.76. The maximum atomic E-state index is 11.6. The van der Waals surface area contributed by atoms with Crippen molar-refractivity contribution in [2.24, 2.45) is 11.7 Å². The number of hydrogen-bond acceptors (Lipinski definition) is 4. The molecule has 0 aliphatic carbocycles. The first-order chi connectivity index (χ1) is 10.5. The fourth-order valence-corrected chi connectivity index (χ4v) is 2.77. The smallest absolute Gasteiger partial charge is 0.318 e. The zero-order valence-electron chi connectivity index (χ0n) is 12.3. The van der Waals surface area contributed by atoms with Gasteiger partial charge < -0.3 is 10.5 Å². The van der Waals surface area contributed by atoms with E-state index in [0.717, 1.165) is 25.9 Å². The highest BCUT2D eigenvalue weighted by Crippen LogP contribution is 2.25. The normalized spacial score (nSPS) is 18.7. The van der Waals surface area contributed by atoms with Crippen molar-refractivity contribution in [1.29, 1.82) is 0 Å². The van der Waals surface area contributed by atoms with Crippen LogP contribution in [-0.2, 0) is 4.79 Å². The molecule has 3 amide bonds. The van der Waals surface area contributed by atoms with Gasteiger partial charge in [-0.25, -0.2) is 4.79 Å². The van der Waals surface area contributed by atoms with E-state index >= 15 is 0 Å². The molecule has 1 saturated heterocycles. The molecular formula is C15H20ClN3O3. The van der Waals surface area contributed by atoms with Gasteiger partial charge in [-0.3, -0.25) is 15.0 Å². The van der Waals surface area contributed by atoms with Crippen LogP contribution in [0.2, 0.25) is 5.02 Å². The number of carbonyl (C=O) groups is 2. The predicted octanol–water partition coefficient (Wildman–Crippen LogP) is 1.63. The van der Waals surface area contributed by atoms with E-state index in [9.17, 15) is 9.59 Å². The standard InChI is InChI=1S/C15H20ClN3O3/c16-12-5-1-2-6-13(12)22-10-11-4-3-7-19(8-11)9-14(20)18-15(17)21/h1-2,5-6,11H,3-4,7-10H2,(H3,17,18,20,21)/t11-/m1/s1. The van der Waals surface area contributed by atoms with E-state index < -0.39 is 6.03 Å². The number of nitrogens with zero attached hydrogens (tertiary/aromatic N) is 1. The molecule has 1 fully saturated rings. The molecule has 0 spiro atoms. The summed E-state index contributed by atoms with van der Waals surface area (Å²) in [4.78, 5) is 24.2. The second-order valence-electron chi connectivity index (χ2n) is 5.40. The monoisotopic (exact) mass is 325 g/mol. The number of halogens is 1. The number of hydrogen-bond donors (Lipinski definition) is 2. The Morgan fingerprint density at radius 3 is 2.91 bits per heavy atom. The number of ether oxygens (including phenoxy) is 1. The lowest BCUT2D eigenvalue weighted by Crippen LogP contribution is -2.46. The molecule has 2 rings (SSSR count). The van der Waals surface area contributed by atoms with Crippen molar-refractivity contribution >= 4 is 23.5 Å². The summed E-state index contributed by atoms with van der Waals surface area (Å²) in [6.45, 7) is 2.30. The number of carbonyl (C=O) groups excluding carboxylic acids is 2. The minimum absolute atomic E-state index is 0.172. The first-order valence-corrected chi connectivity index (χ1v) is 7.61. The van der Waals surface area contributed by atoms with Gasteiger partial charge in [-0.2, -0.15) is 0 Å². The Hall–Kier alpha value is -1.79. The quantitative estimate of drug-likeness (QED) is 0.861. The van der Waals surface area contributed by atoms with Crippen molar-refractivity contribution in [3.05, 3.63) is 29.3 Å². The Morgan fingerprint density at radius 1 is 1.41 bits per heavy atom. The van der Waals surface area contributed by atoms with E-state index in [1.807, 2.05) is 23.1 Å². The molecule has 22 heavy (non-hydrogen) atoms. The Kier molecular flexibility index (Phi) is 6.03. The molecule has 0 unspecified atom stereocenters. The summed E-state index contributed by atoms with van der Waals surface area (Å²) in [7, 11) is 0. The molecule has 0 bridgehead atoms. The van der Waals surface area contributed by atoms with Crippen LogP contribution in [0.5, 0.6) is 5.75 Å². The van der Waals surface area contributed by atoms with E-state index in [2.05, 4.69) is 5.32 Å². The van der Waals surface area contributed by atoms with Crippen molar-refractivity contribution < 1.29 is 14.3 Å². The second-order valence-corrected chi connectivity index (χ2v) is 5.80. The van der Waals surface area contributed by atoms with Crippen LogP contribution in [0.25, 0.3) is 0 Å². The zero-order valence-corrected chi connectivity index (χ0v) is 13.0. The summed E-state index contributed by atoms with van der Waals surface area (Å²) in [6.07, 6.45) is 2.03. The lowest BCUT2D eigenvalue weighted by Gasteiger charge is -2.32. The van der Waals surface area contributed by atoms with Gasteiger partial charge in [0.15, 0.2) is 0 Å². The van der Waals surface area contributed by atoms with E-state index in [4.69, 9.17) is 22.1 Å². The molecule has 1 aliphatic rings. The fraction of sp³-hybridized carbons (Fsp3) is 0.467. The number of urea groups is 1. The van der Waals surface area contributed by atoms with Crippen LogP contribution in [0.1, 0.15) is 12.8 Å². The number of likely N-dealkylation sites (tertiary alicyclic amines) is 1. The lowest BCUT2D eigenvalue weighted by molar-refractivity contribution is -0.121. The molecule has 0 aromatic heterocycles. The molecular weight excluding hydrogens is 306 g/mol. The van der Waals surface area contributed by atoms with E-state index in [1.54, 1.807) is 6.07 Å². The van der Waals surface area contributed by atoms with Crippen molar-refractivity contribution in [2.45, 2.75) is 12.8 Å². The molecule has 1 aromatic carbocycles. The topological polar surface area (TPSA) is 84.7 Å². The van der Waals surface area contributed by atoms with Gasteiger partial charge in [0, 0.05) is 12.5 Å². The molecule has 0 radical (unpaired) electrons. The number of imide groups is 1. The van der Waals surface area contributed by atoms with Crippen molar-refractivity contribution in [3.63, 3.8) is 0 Å². The zero-order chi connectivity index (χ0) is 15.9. The number of benzene rings is 1. The summed E-state index contributed by atoms with van der Waals surface area (Å²) in [5.74, 6) is 0.624. The summed E-state index contributed by atoms with van der Waals surface area (Å²) >= 11 is 6.06. The minimum atomic E-state index is -0.819. The van der Waals surface area contributed by atoms with Crippen LogP contribution >= 0.6 is 11.6 Å². The third kappa shape index (κ3) is 5.20. The third-order valence-electron chi connectivity index (χ3n) is 3.54. The number of nitrogens with two attached hydrogens (primary N) is 1. The van der Waals surface area contributed by atoms with Crippen LogP contribution in [0.4, 0.5) is 4.79 Å². The predicted molar refractivity (Wildman–Crippen MR) is 83.8 cm³/mol. The van der Waals surface area contributed by atoms with E-state index in [0.29, 0.717) is 23.3 Å². The number of amides is 3. The van der Waals surface area contributed by atoms with Crippen LogP contribution in [0.15, 0.2) is 24.3 Å². The molecule has 6 nitrogen and oxygen atoms in total. The number of primary amides is 1. The fourth-order valence-electron chi connectivity index (χ4n) is 2.58.